The van der Waals surface area contributed by atoms with E-state index in [1.54, 1.807) is 29.2 Å². The molecule has 2 aliphatic heterocycles. The molecule has 3 amide bonds. The number of nitrogens with one attached hydrogen (secondary N) is 2. The third kappa shape index (κ3) is 5.58. The summed E-state index contributed by atoms with van der Waals surface area (Å²) >= 11 is 0. The first kappa shape index (κ1) is 27.1. The molecule has 6 rings (SSSR count). The zero-order valence-corrected chi connectivity index (χ0v) is 22.6. The molecule has 2 aliphatic rings. The maximum absolute atomic E-state index is 14.2. The van der Waals surface area contributed by atoms with Crippen LogP contribution in [0, 0.1) is 5.82 Å². The number of rotatable bonds is 3. The van der Waals surface area contributed by atoms with Crippen molar-refractivity contribution in [3.63, 3.8) is 0 Å². The molecule has 1 saturated heterocycles. The quantitative estimate of drug-likeness (QED) is 0.384. The highest BCUT2D eigenvalue weighted by molar-refractivity contribution is 6.01. The number of nitrogens with zero attached hydrogens (tertiary/aromatic N) is 3. The highest BCUT2D eigenvalue weighted by Crippen LogP contribution is 2.32. The summed E-state index contributed by atoms with van der Waals surface area (Å²) in [5.41, 5.74) is 1.62. The Balaban J connectivity index is 1.31. The molecule has 1 fully saturated rings. The Bertz CT molecular complexity index is 1620. The van der Waals surface area contributed by atoms with E-state index in [1.807, 2.05) is 30.3 Å². The smallest absolute Gasteiger partial charge is 0.259 e. The number of amides is 3. The highest BCUT2D eigenvalue weighted by Gasteiger charge is 2.39. The lowest BCUT2D eigenvalue weighted by Crippen LogP contribution is -2.48. The van der Waals surface area contributed by atoms with Gasteiger partial charge in [-0.1, -0.05) is 47.6 Å². The van der Waals surface area contributed by atoms with Crippen LogP contribution in [0.2, 0.25) is 0 Å². The second-order valence-electron chi connectivity index (χ2n) is 10.2. The molecule has 1 aromatic heterocycles. The summed E-state index contributed by atoms with van der Waals surface area (Å²) < 4.78 is 25.2. The minimum atomic E-state index is -0.576. The standard InChI is InChI=1S/C31H28FN5O5/c32-20-10-13-26-25(16-20)29(39)34-18-22-12-11-21(17-27(38)33-14-15-41-26)37(22)31(40)24-9-5-4-8-23(24)30-35-28(36-42-30)19-6-2-1-3-7-19/h1-10,13,16,21-22H,11-12,14-15,17-18H2,(H,33,38)(H,34,39)/t21-,22+/m0/s1. The molecule has 0 saturated carbocycles. The molecule has 0 unspecified atom stereocenters. The van der Waals surface area contributed by atoms with Gasteiger partial charge in [0, 0.05) is 30.6 Å². The van der Waals surface area contributed by atoms with Gasteiger partial charge >= 0.3 is 0 Å². The van der Waals surface area contributed by atoms with E-state index in [1.165, 1.54) is 12.1 Å². The summed E-state index contributed by atoms with van der Waals surface area (Å²) in [7, 11) is 0. The number of hydrogen-bond donors (Lipinski definition) is 2. The van der Waals surface area contributed by atoms with Gasteiger partial charge in [-0.2, -0.15) is 4.98 Å². The van der Waals surface area contributed by atoms with Gasteiger partial charge in [0.15, 0.2) is 0 Å². The summed E-state index contributed by atoms with van der Waals surface area (Å²) in [4.78, 5) is 46.4. The number of aromatic nitrogens is 2. The van der Waals surface area contributed by atoms with Crippen LogP contribution in [-0.2, 0) is 4.79 Å². The van der Waals surface area contributed by atoms with Crippen LogP contribution >= 0.6 is 0 Å². The Morgan fingerprint density at radius 2 is 1.71 bits per heavy atom. The SMILES string of the molecule is O=C1C[C@@H]2CC[C@H](CNC(=O)c3cc(F)ccc3OCCN1)N2C(=O)c1ccccc1-c1nc(-c2ccccc2)no1. The molecular weight excluding hydrogens is 541 g/mol. The first-order chi connectivity index (χ1) is 20.5. The van der Waals surface area contributed by atoms with Gasteiger partial charge in [0.1, 0.15) is 18.2 Å². The molecule has 10 nitrogen and oxygen atoms in total. The van der Waals surface area contributed by atoms with Crippen molar-refractivity contribution in [3.05, 3.63) is 89.7 Å². The van der Waals surface area contributed by atoms with Crippen LogP contribution in [0.4, 0.5) is 4.39 Å². The van der Waals surface area contributed by atoms with Crippen molar-refractivity contribution in [1.29, 1.82) is 0 Å². The van der Waals surface area contributed by atoms with Gasteiger partial charge in [-0.3, -0.25) is 14.4 Å². The summed E-state index contributed by atoms with van der Waals surface area (Å²) in [6, 6.07) is 19.2. The van der Waals surface area contributed by atoms with E-state index < -0.39 is 23.8 Å². The van der Waals surface area contributed by atoms with Crippen molar-refractivity contribution in [2.75, 3.05) is 19.7 Å². The summed E-state index contributed by atoms with van der Waals surface area (Å²) in [5, 5.41) is 9.76. The van der Waals surface area contributed by atoms with Gasteiger partial charge in [0.2, 0.25) is 11.7 Å². The number of carbonyl (C=O) groups is 3. The monoisotopic (exact) mass is 569 g/mol. The maximum Gasteiger partial charge on any atom is 0.259 e. The lowest BCUT2D eigenvalue weighted by molar-refractivity contribution is -0.122. The first-order valence-corrected chi connectivity index (χ1v) is 13.8. The fraction of sp³-hybridized carbons (Fsp3) is 0.258. The Morgan fingerprint density at radius 1 is 0.929 bits per heavy atom. The average molecular weight is 570 g/mol. The number of halogens is 1. The molecule has 4 aromatic rings. The number of fused-ring (bicyclic) bond motifs is 3. The summed E-state index contributed by atoms with van der Waals surface area (Å²) in [6.07, 6.45) is 1.23. The molecule has 2 atom stereocenters. The second kappa shape index (κ2) is 11.8. The van der Waals surface area contributed by atoms with Gasteiger partial charge < -0.3 is 24.8 Å². The normalized spacial score (nSPS) is 19.2. The Kier molecular flexibility index (Phi) is 7.63. The molecule has 2 N–H and O–H groups in total. The van der Waals surface area contributed by atoms with Crippen LogP contribution < -0.4 is 15.4 Å². The van der Waals surface area contributed by atoms with Gasteiger partial charge in [-0.05, 0) is 43.2 Å². The molecular formula is C31H28FN5O5. The minimum absolute atomic E-state index is 0.0433. The van der Waals surface area contributed by atoms with Gasteiger partial charge in [-0.25, -0.2) is 4.39 Å². The van der Waals surface area contributed by atoms with Crippen molar-refractivity contribution < 1.29 is 28.0 Å². The number of benzene rings is 3. The third-order valence-corrected chi connectivity index (χ3v) is 7.49. The lowest BCUT2D eigenvalue weighted by atomic mass is 10.0. The van der Waals surface area contributed by atoms with E-state index in [0.29, 0.717) is 29.8 Å². The van der Waals surface area contributed by atoms with Crippen molar-refractivity contribution in [1.82, 2.24) is 25.7 Å². The van der Waals surface area contributed by atoms with E-state index >= 15 is 0 Å². The topological polar surface area (TPSA) is 127 Å². The van der Waals surface area contributed by atoms with Crippen LogP contribution in [0.15, 0.2) is 77.3 Å². The van der Waals surface area contributed by atoms with Crippen molar-refractivity contribution >= 4 is 17.7 Å². The average Bonchev–Trinajstić information content (AvgIpc) is 3.66. The van der Waals surface area contributed by atoms with E-state index in [-0.39, 0.29) is 55.1 Å². The van der Waals surface area contributed by atoms with E-state index in [0.717, 1.165) is 11.6 Å². The van der Waals surface area contributed by atoms with Gasteiger partial charge in [-0.15, -0.1) is 0 Å². The molecule has 0 aliphatic carbocycles. The second-order valence-corrected chi connectivity index (χ2v) is 10.2. The van der Waals surface area contributed by atoms with Crippen molar-refractivity contribution in [2.45, 2.75) is 31.3 Å². The number of carbonyl (C=O) groups excluding carboxylic acids is 3. The lowest BCUT2D eigenvalue weighted by Gasteiger charge is -2.31. The largest absolute Gasteiger partial charge is 0.491 e. The van der Waals surface area contributed by atoms with E-state index in [9.17, 15) is 18.8 Å². The third-order valence-electron chi connectivity index (χ3n) is 7.49. The molecule has 0 radical (unpaired) electrons. The zero-order valence-electron chi connectivity index (χ0n) is 22.6. The Hall–Kier alpha value is -5.06. The fourth-order valence-corrected chi connectivity index (χ4v) is 5.47. The molecule has 214 valence electrons. The fourth-order valence-electron chi connectivity index (χ4n) is 5.47. The van der Waals surface area contributed by atoms with Crippen LogP contribution in [-0.4, -0.2) is 64.5 Å². The molecule has 2 bridgehead atoms. The molecule has 3 aromatic carbocycles. The van der Waals surface area contributed by atoms with Crippen LogP contribution in [0.5, 0.6) is 5.75 Å². The molecule has 42 heavy (non-hydrogen) atoms. The summed E-state index contributed by atoms with van der Waals surface area (Å²) in [5.74, 6) is -0.834. The molecule has 0 spiro atoms. The number of ether oxygens (including phenoxy) is 1. The van der Waals surface area contributed by atoms with E-state index in [2.05, 4.69) is 20.8 Å². The van der Waals surface area contributed by atoms with Gasteiger partial charge in [0.25, 0.3) is 17.7 Å². The minimum Gasteiger partial charge on any atom is -0.491 e. The zero-order chi connectivity index (χ0) is 29.1. The van der Waals surface area contributed by atoms with Crippen LogP contribution in [0.3, 0.4) is 0 Å². The molecule has 3 heterocycles. The maximum atomic E-state index is 14.2. The Morgan fingerprint density at radius 3 is 2.57 bits per heavy atom. The van der Waals surface area contributed by atoms with E-state index in [4.69, 9.17) is 9.26 Å². The van der Waals surface area contributed by atoms with Crippen molar-refractivity contribution in [3.8, 4) is 28.6 Å². The van der Waals surface area contributed by atoms with Gasteiger partial charge in [0.05, 0.1) is 23.2 Å². The van der Waals surface area contributed by atoms with Crippen LogP contribution in [0.25, 0.3) is 22.8 Å². The summed E-state index contributed by atoms with van der Waals surface area (Å²) in [6.45, 7) is 0.390. The Labute approximate surface area is 240 Å². The number of hydrogen-bond acceptors (Lipinski definition) is 7. The highest BCUT2D eigenvalue weighted by atomic mass is 19.1. The predicted molar refractivity (Wildman–Crippen MR) is 150 cm³/mol. The molecule has 11 heteroatoms. The predicted octanol–water partition coefficient (Wildman–Crippen LogP) is 3.84. The van der Waals surface area contributed by atoms with Crippen molar-refractivity contribution in [2.24, 2.45) is 0 Å². The first-order valence-electron chi connectivity index (χ1n) is 13.8. The van der Waals surface area contributed by atoms with Crippen LogP contribution in [0.1, 0.15) is 40.0 Å².